The maximum atomic E-state index is 13.6. The van der Waals surface area contributed by atoms with Crippen molar-refractivity contribution in [3.63, 3.8) is 0 Å². The van der Waals surface area contributed by atoms with Gasteiger partial charge < -0.3 is 37.8 Å². The van der Waals surface area contributed by atoms with Gasteiger partial charge in [-0.1, -0.05) is 48.6 Å². The number of hydrogen-bond acceptors (Lipinski definition) is 10. The molecule has 62 heavy (non-hydrogen) atoms. The van der Waals surface area contributed by atoms with Gasteiger partial charge in [0, 0.05) is 31.9 Å². The van der Waals surface area contributed by atoms with Crippen molar-refractivity contribution in [2.24, 2.45) is 10.8 Å². The lowest BCUT2D eigenvalue weighted by Gasteiger charge is -2.40. The Hall–Kier alpha value is -3.61. The van der Waals surface area contributed by atoms with Gasteiger partial charge in [-0.05, 0) is 135 Å². The van der Waals surface area contributed by atoms with Crippen LogP contribution in [0.3, 0.4) is 0 Å². The number of nitrogens with zero attached hydrogens (tertiary/aromatic N) is 2. The Balaban J connectivity index is 1.16. The Kier molecular flexibility index (Phi) is 18.0. The molecule has 0 spiro atoms. The number of benzene rings is 1. The number of rotatable bonds is 27. The average molecular weight is 864 g/mol. The molecule has 346 valence electrons. The third-order valence-corrected chi connectivity index (χ3v) is 12.8. The number of carbonyl (C=O) groups excluding carboxylic acids is 3. The van der Waals surface area contributed by atoms with Crippen LogP contribution in [0.2, 0.25) is 0 Å². The predicted molar refractivity (Wildman–Crippen MR) is 246 cm³/mol. The molecule has 11 heteroatoms. The third-order valence-electron chi connectivity index (χ3n) is 12.8. The smallest absolute Gasteiger partial charge is 0.337 e. The zero-order valence-corrected chi connectivity index (χ0v) is 40.4. The molecule has 2 unspecified atom stereocenters. The molecule has 2 atom stereocenters. The molecule has 3 aliphatic carbocycles. The summed E-state index contributed by atoms with van der Waals surface area (Å²) in [4.78, 5) is 42.2. The average Bonchev–Trinajstić information content (AvgIpc) is 3.21. The molecular formula is C51H79N2O9+. The fourth-order valence-electron chi connectivity index (χ4n) is 7.68. The van der Waals surface area contributed by atoms with Crippen molar-refractivity contribution < 1.29 is 47.3 Å². The van der Waals surface area contributed by atoms with Crippen LogP contribution >= 0.6 is 0 Å². The normalized spacial score (nSPS) is 17.0. The molecule has 0 aliphatic heterocycles. The number of allylic oxidation sites excluding steroid dienone is 7. The molecule has 11 nitrogen and oxygen atoms in total. The maximum absolute atomic E-state index is 13.6. The van der Waals surface area contributed by atoms with Crippen LogP contribution in [0.4, 0.5) is 0 Å². The van der Waals surface area contributed by atoms with Crippen molar-refractivity contribution in [1.29, 1.82) is 0 Å². The standard InChI is InChI=1S/C51H79N2O9/c1-37(2)59-35-51(9,47(56)58-31-17-29-53(12,13)30-28-52(10)11)36-60-45(54)48(3,4)50(7,8)62-34-18-32-57-46(55)49(5,6)61-33-15-14-19-38-22-23-41-25-24-39-20-16-21-40-26-27-42(38)44(41)43(39)40/h16,20-24,26-27,37,43H,14-15,17-19,25,28-36H2,1-13H3/q+1. The molecule has 0 amide bonds. The summed E-state index contributed by atoms with van der Waals surface area (Å²) in [6, 6.07) is 4.58. The van der Waals surface area contributed by atoms with Crippen LogP contribution in [0.1, 0.15) is 116 Å². The molecule has 0 bridgehead atoms. The highest BCUT2D eigenvalue weighted by Crippen LogP contribution is 2.47. The molecule has 0 aromatic heterocycles. The number of unbranched alkanes of at least 4 members (excludes halogenated alkanes) is 1. The zero-order chi connectivity index (χ0) is 45.9. The summed E-state index contributed by atoms with van der Waals surface area (Å²) in [6.07, 6.45) is 18.3. The summed E-state index contributed by atoms with van der Waals surface area (Å²) in [7, 11) is 8.46. The lowest BCUT2D eigenvalue weighted by atomic mass is 9.70. The van der Waals surface area contributed by atoms with Crippen LogP contribution in [-0.2, 0) is 55.6 Å². The van der Waals surface area contributed by atoms with E-state index in [2.05, 4.69) is 81.7 Å². The van der Waals surface area contributed by atoms with E-state index >= 15 is 0 Å². The summed E-state index contributed by atoms with van der Waals surface area (Å²) >= 11 is 0. The number of hydrogen-bond donors (Lipinski definition) is 0. The Bertz CT molecular complexity index is 1830. The van der Waals surface area contributed by atoms with Gasteiger partial charge in [-0.2, -0.15) is 0 Å². The summed E-state index contributed by atoms with van der Waals surface area (Å²) in [6.45, 7) is 20.0. The SMILES string of the molecule is CC(C)OCC(C)(COC(=O)C(C)(C)C(C)(C)OCCCOC(=O)C(C)(C)OCCCCc1ccc2c3c1C=CC1=CC=CC(=CC2)C13)C(=O)OCCC[N+](C)(C)CCN(C)C. The first kappa shape index (κ1) is 51.0. The molecule has 0 saturated heterocycles. The lowest BCUT2D eigenvalue weighted by molar-refractivity contribution is -0.890. The van der Waals surface area contributed by atoms with Crippen molar-refractivity contribution in [2.75, 3.05) is 87.5 Å². The Morgan fingerprint density at radius 2 is 1.45 bits per heavy atom. The van der Waals surface area contributed by atoms with Crippen LogP contribution in [-0.4, -0.2) is 132 Å². The largest absolute Gasteiger partial charge is 0.465 e. The van der Waals surface area contributed by atoms with E-state index in [1.54, 1.807) is 34.6 Å². The van der Waals surface area contributed by atoms with E-state index < -0.39 is 39.9 Å². The second kappa shape index (κ2) is 21.8. The summed E-state index contributed by atoms with van der Waals surface area (Å²) in [5, 5.41) is 0. The van der Waals surface area contributed by atoms with Crippen LogP contribution in [0, 0.1) is 10.8 Å². The molecule has 0 fully saturated rings. The summed E-state index contributed by atoms with van der Waals surface area (Å²) in [5.74, 6) is -1.04. The number of esters is 3. The van der Waals surface area contributed by atoms with Gasteiger partial charge in [0.05, 0.1) is 70.7 Å². The van der Waals surface area contributed by atoms with Crippen LogP contribution < -0.4 is 0 Å². The van der Waals surface area contributed by atoms with Gasteiger partial charge in [0.15, 0.2) is 5.60 Å². The molecule has 0 radical (unpaired) electrons. The van der Waals surface area contributed by atoms with Crippen molar-refractivity contribution in [1.82, 2.24) is 4.90 Å². The second-order valence-corrected chi connectivity index (χ2v) is 20.4. The summed E-state index contributed by atoms with van der Waals surface area (Å²) in [5.41, 5.74) is 4.09. The molecule has 4 rings (SSSR count). The highest BCUT2D eigenvalue weighted by Gasteiger charge is 2.47. The second-order valence-electron chi connectivity index (χ2n) is 20.4. The minimum atomic E-state index is -1.19. The van der Waals surface area contributed by atoms with Gasteiger partial charge in [0.1, 0.15) is 12.0 Å². The number of aryl methyl sites for hydroxylation is 1. The Labute approximate surface area is 373 Å². The van der Waals surface area contributed by atoms with E-state index in [1.165, 1.54) is 33.4 Å². The molecule has 0 N–H and O–H groups in total. The zero-order valence-electron chi connectivity index (χ0n) is 40.4. The number of ether oxygens (including phenoxy) is 6. The fourth-order valence-corrected chi connectivity index (χ4v) is 7.68. The first-order valence-electron chi connectivity index (χ1n) is 22.8. The summed E-state index contributed by atoms with van der Waals surface area (Å²) < 4.78 is 36.1. The molecule has 0 saturated carbocycles. The predicted octanol–water partition coefficient (Wildman–Crippen LogP) is 8.19. The van der Waals surface area contributed by atoms with E-state index in [-0.39, 0.29) is 39.1 Å². The maximum Gasteiger partial charge on any atom is 0.337 e. The molecule has 1 aromatic carbocycles. The quantitative estimate of drug-likeness (QED) is 0.0372. The monoisotopic (exact) mass is 864 g/mol. The van der Waals surface area contributed by atoms with E-state index in [4.69, 9.17) is 28.4 Å². The van der Waals surface area contributed by atoms with Crippen LogP contribution in [0.25, 0.3) is 6.08 Å². The minimum Gasteiger partial charge on any atom is -0.465 e. The van der Waals surface area contributed by atoms with Crippen molar-refractivity contribution in [3.8, 4) is 0 Å². The van der Waals surface area contributed by atoms with Gasteiger partial charge in [-0.3, -0.25) is 9.59 Å². The third kappa shape index (κ3) is 13.7. The fraction of sp³-hybridized carbons (Fsp3) is 0.667. The van der Waals surface area contributed by atoms with E-state index in [9.17, 15) is 14.4 Å². The van der Waals surface area contributed by atoms with Gasteiger partial charge in [-0.15, -0.1) is 0 Å². The minimum absolute atomic E-state index is 0.0486. The van der Waals surface area contributed by atoms with Crippen LogP contribution in [0.15, 0.2) is 53.7 Å². The number of quaternary nitrogens is 1. The van der Waals surface area contributed by atoms with Gasteiger partial charge in [0.2, 0.25) is 0 Å². The van der Waals surface area contributed by atoms with Crippen molar-refractivity contribution in [2.45, 2.75) is 124 Å². The van der Waals surface area contributed by atoms with Crippen molar-refractivity contribution >= 4 is 24.0 Å². The first-order valence-corrected chi connectivity index (χ1v) is 22.8. The Morgan fingerprint density at radius 3 is 2.16 bits per heavy atom. The van der Waals surface area contributed by atoms with Gasteiger partial charge in [-0.25, -0.2) is 4.79 Å². The first-order chi connectivity index (χ1) is 29.0. The lowest BCUT2D eigenvalue weighted by Crippen LogP contribution is -2.50. The number of carbonyl (C=O) groups is 3. The molecular weight excluding hydrogens is 785 g/mol. The highest BCUT2D eigenvalue weighted by molar-refractivity contribution is 5.80. The Morgan fingerprint density at radius 1 is 0.758 bits per heavy atom. The van der Waals surface area contributed by atoms with E-state index in [0.717, 1.165) is 49.8 Å². The van der Waals surface area contributed by atoms with E-state index in [0.29, 0.717) is 25.4 Å². The molecule has 0 heterocycles. The topological polar surface area (TPSA) is 110 Å². The molecule has 1 aromatic rings. The van der Waals surface area contributed by atoms with E-state index in [1.807, 2.05) is 27.7 Å². The molecule has 3 aliphatic rings. The van der Waals surface area contributed by atoms with Gasteiger partial charge >= 0.3 is 17.9 Å². The highest BCUT2D eigenvalue weighted by atomic mass is 16.6. The van der Waals surface area contributed by atoms with Gasteiger partial charge in [0.25, 0.3) is 0 Å². The number of likely N-dealkylation sites (N-methyl/N-ethyl adjacent to an activating group) is 2. The van der Waals surface area contributed by atoms with Crippen molar-refractivity contribution in [3.05, 3.63) is 75.9 Å². The van der Waals surface area contributed by atoms with Crippen LogP contribution in [0.5, 0.6) is 0 Å².